The lowest BCUT2D eigenvalue weighted by atomic mass is 10.1. The molecule has 1 aromatic rings. The highest BCUT2D eigenvalue weighted by Crippen LogP contribution is 2.29. The van der Waals surface area contributed by atoms with Gasteiger partial charge in [0.1, 0.15) is 6.61 Å². The van der Waals surface area contributed by atoms with E-state index >= 15 is 0 Å². The molecular weight excluding hydrogens is 219 g/mol. The maximum atomic E-state index is 12.3. The summed E-state index contributed by atoms with van der Waals surface area (Å²) in [6.07, 6.45) is -2.28. The molecule has 0 bridgehead atoms. The van der Waals surface area contributed by atoms with E-state index in [1.165, 1.54) is 18.5 Å². The van der Waals surface area contributed by atoms with Crippen LogP contribution in [0.1, 0.15) is 11.1 Å². The molecule has 0 radical (unpaired) electrons. The maximum absolute atomic E-state index is 12.3. The minimum Gasteiger partial charge on any atom is -0.481 e. The summed E-state index contributed by atoms with van der Waals surface area (Å²) < 4.78 is 41.8. The van der Waals surface area contributed by atoms with Gasteiger partial charge in [-0.2, -0.15) is 13.2 Å². The Hall–Kier alpha value is -1.52. The summed E-state index contributed by atoms with van der Waals surface area (Å²) in [4.78, 5) is 4.03. The van der Waals surface area contributed by atoms with Crippen LogP contribution in [0, 0.1) is 0 Å². The molecule has 1 aromatic carbocycles. The van der Waals surface area contributed by atoms with E-state index in [9.17, 15) is 13.2 Å². The molecule has 0 unspecified atom stereocenters. The zero-order chi connectivity index (χ0) is 11.6. The normalized spacial score (nSPS) is 19.8. The van der Waals surface area contributed by atoms with Crippen LogP contribution in [-0.4, -0.2) is 19.0 Å². The number of alkyl halides is 3. The highest BCUT2D eigenvalue weighted by molar-refractivity contribution is 5.49. The minimum atomic E-state index is -4.27. The summed E-state index contributed by atoms with van der Waals surface area (Å²) in [6.45, 7) is 0.501. The lowest BCUT2D eigenvalue weighted by Crippen LogP contribution is -2.10. The van der Waals surface area contributed by atoms with E-state index in [-0.39, 0.29) is 6.04 Å². The van der Waals surface area contributed by atoms with Gasteiger partial charge < -0.3 is 4.74 Å². The van der Waals surface area contributed by atoms with Crippen LogP contribution in [0.2, 0.25) is 0 Å². The van der Waals surface area contributed by atoms with Crippen molar-refractivity contribution in [2.45, 2.75) is 18.6 Å². The first-order chi connectivity index (χ1) is 7.55. The Bertz CT molecular complexity index is 383. The average molecular weight is 229 g/mol. The van der Waals surface area contributed by atoms with Gasteiger partial charge in [0, 0.05) is 0 Å². The fraction of sp³-hybridized carbons (Fsp3) is 0.364. The third-order valence-electron chi connectivity index (χ3n) is 2.39. The number of nitrogens with zero attached hydrogens (tertiary/aromatic N) is 1. The fourth-order valence-corrected chi connectivity index (χ4v) is 1.54. The number of halogens is 3. The van der Waals surface area contributed by atoms with Crippen molar-refractivity contribution in [1.29, 1.82) is 0 Å². The topological polar surface area (TPSA) is 21.6 Å². The van der Waals surface area contributed by atoms with Gasteiger partial charge in [0.2, 0.25) is 0 Å². The van der Waals surface area contributed by atoms with Gasteiger partial charge in [-0.05, 0) is 24.1 Å². The average Bonchev–Trinajstić information content (AvgIpc) is 2.70. The Kier molecular flexibility index (Phi) is 2.85. The molecule has 0 N–H and O–H groups in total. The molecule has 0 saturated carbocycles. The number of benzene rings is 1. The second-order valence-corrected chi connectivity index (χ2v) is 3.64. The Morgan fingerprint density at radius 2 is 1.94 bits per heavy atom. The zero-order valence-electron chi connectivity index (χ0n) is 8.37. The standard InChI is InChI=1S/C11H10F3NO/c12-11(13,14)9-3-1-8(2-4-9)5-10-6-16-7-15-10/h1-4,7,10H,5-6H2/t10-/m0/s1. The van der Waals surface area contributed by atoms with Crippen molar-refractivity contribution in [2.75, 3.05) is 6.61 Å². The lowest BCUT2D eigenvalue weighted by Gasteiger charge is -2.08. The molecule has 2 rings (SSSR count). The molecule has 2 nitrogen and oxygen atoms in total. The van der Waals surface area contributed by atoms with Gasteiger partial charge in [0.05, 0.1) is 11.6 Å². The van der Waals surface area contributed by atoms with E-state index in [0.717, 1.165) is 17.7 Å². The van der Waals surface area contributed by atoms with Crippen molar-refractivity contribution in [3.05, 3.63) is 35.4 Å². The zero-order valence-corrected chi connectivity index (χ0v) is 8.37. The molecule has 5 heteroatoms. The van der Waals surface area contributed by atoms with Crippen molar-refractivity contribution in [3.63, 3.8) is 0 Å². The highest BCUT2D eigenvalue weighted by Gasteiger charge is 2.30. The van der Waals surface area contributed by atoms with Crippen molar-refractivity contribution in [2.24, 2.45) is 4.99 Å². The lowest BCUT2D eigenvalue weighted by molar-refractivity contribution is -0.137. The van der Waals surface area contributed by atoms with E-state index in [4.69, 9.17) is 4.74 Å². The highest BCUT2D eigenvalue weighted by atomic mass is 19.4. The van der Waals surface area contributed by atoms with Crippen LogP contribution < -0.4 is 0 Å². The molecular formula is C11H10F3NO. The van der Waals surface area contributed by atoms with Crippen molar-refractivity contribution in [1.82, 2.24) is 0 Å². The molecule has 0 fully saturated rings. The van der Waals surface area contributed by atoms with Crippen LogP contribution in [-0.2, 0) is 17.3 Å². The largest absolute Gasteiger partial charge is 0.481 e. The molecule has 1 heterocycles. The summed E-state index contributed by atoms with van der Waals surface area (Å²) >= 11 is 0. The van der Waals surface area contributed by atoms with Gasteiger partial charge in [-0.3, -0.25) is 4.99 Å². The molecule has 0 spiro atoms. The van der Waals surface area contributed by atoms with Gasteiger partial charge in [0.25, 0.3) is 0 Å². The third kappa shape index (κ3) is 2.53. The first-order valence-electron chi connectivity index (χ1n) is 4.85. The van der Waals surface area contributed by atoms with Crippen molar-refractivity contribution >= 4 is 6.40 Å². The molecule has 16 heavy (non-hydrogen) atoms. The Labute approximate surface area is 90.8 Å². The molecule has 86 valence electrons. The summed E-state index contributed by atoms with van der Waals surface area (Å²) in [7, 11) is 0. The number of hydrogen-bond donors (Lipinski definition) is 0. The van der Waals surface area contributed by atoms with E-state index in [1.54, 1.807) is 0 Å². The van der Waals surface area contributed by atoms with Crippen LogP contribution in [0.3, 0.4) is 0 Å². The summed E-state index contributed by atoms with van der Waals surface area (Å²) in [5.74, 6) is 0. The van der Waals surface area contributed by atoms with Gasteiger partial charge in [-0.15, -0.1) is 0 Å². The van der Waals surface area contributed by atoms with Crippen LogP contribution in [0.15, 0.2) is 29.3 Å². The molecule has 1 atom stereocenters. The van der Waals surface area contributed by atoms with Crippen LogP contribution >= 0.6 is 0 Å². The molecule has 0 amide bonds. The Morgan fingerprint density at radius 1 is 1.25 bits per heavy atom. The van der Waals surface area contributed by atoms with Gasteiger partial charge in [-0.1, -0.05) is 12.1 Å². The summed E-state index contributed by atoms with van der Waals surface area (Å²) in [5, 5.41) is 0. The monoisotopic (exact) mass is 229 g/mol. The molecule has 0 aromatic heterocycles. The SMILES string of the molecule is FC(F)(F)c1ccc(C[C@H]2COC=N2)cc1. The van der Waals surface area contributed by atoms with Crippen LogP contribution in [0.4, 0.5) is 13.2 Å². The van der Waals surface area contributed by atoms with Crippen LogP contribution in [0.5, 0.6) is 0 Å². The Balaban J connectivity index is 2.04. The smallest absolute Gasteiger partial charge is 0.416 e. The first-order valence-corrected chi connectivity index (χ1v) is 4.85. The van der Waals surface area contributed by atoms with Gasteiger partial charge in [0.15, 0.2) is 6.40 Å². The maximum Gasteiger partial charge on any atom is 0.416 e. The number of aliphatic imine (C=N–C) groups is 1. The second kappa shape index (κ2) is 4.15. The van der Waals surface area contributed by atoms with Crippen LogP contribution in [0.25, 0.3) is 0 Å². The molecule has 1 aliphatic rings. The van der Waals surface area contributed by atoms with E-state index in [2.05, 4.69) is 4.99 Å². The van der Waals surface area contributed by atoms with E-state index in [0.29, 0.717) is 13.0 Å². The Morgan fingerprint density at radius 3 is 2.44 bits per heavy atom. The minimum absolute atomic E-state index is 0.0248. The number of ether oxygens (including phenoxy) is 1. The predicted octanol–water partition coefficient (Wildman–Crippen LogP) is 2.68. The fourth-order valence-electron chi connectivity index (χ4n) is 1.54. The molecule has 0 aliphatic carbocycles. The van der Waals surface area contributed by atoms with Crippen molar-refractivity contribution < 1.29 is 17.9 Å². The van der Waals surface area contributed by atoms with E-state index < -0.39 is 11.7 Å². The van der Waals surface area contributed by atoms with Crippen molar-refractivity contribution in [3.8, 4) is 0 Å². The summed E-state index contributed by atoms with van der Waals surface area (Å²) in [5.41, 5.74) is 0.211. The summed E-state index contributed by atoms with van der Waals surface area (Å²) in [6, 6.07) is 5.17. The number of hydrogen-bond acceptors (Lipinski definition) is 2. The first kappa shape index (κ1) is 11.0. The third-order valence-corrected chi connectivity index (χ3v) is 2.39. The molecule has 1 aliphatic heterocycles. The quantitative estimate of drug-likeness (QED) is 0.764. The molecule has 0 saturated heterocycles. The number of rotatable bonds is 2. The second-order valence-electron chi connectivity index (χ2n) is 3.64. The van der Waals surface area contributed by atoms with Gasteiger partial charge >= 0.3 is 6.18 Å². The van der Waals surface area contributed by atoms with E-state index in [1.807, 2.05) is 0 Å². The predicted molar refractivity (Wildman–Crippen MR) is 53.4 cm³/mol. The van der Waals surface area contributed by atoms with Gasteiger partial charge in [-0.25, -0.2) is 0 Å².